The van der Waals surface area contributed by atoms with Crippen molar-refractivity contribution in [3.8, 4) is 0 Å². The quantitative estimate of drug-likeness (QED) is 0.335. The number of hydrogen-bond donors (Lipinski definition) is 2. The van der Waals surface area contributed by atoms with Gasteiger partial charge in [0, 0.05) is 23.9 Å². The normalized spacial score (nSPS) is 32.1. The molecule has 0 unspecified atom stereocenters. The molecule has 0 aromatic heterocycles. The number of carbonyl (C=O) groups is 3. The lowest BCUT2D eigenvalue weighted by molar-refractivity contribution is -0.140. The number of nitrogens with two attached hydrogens (primary N) is 1. The molecule has 3 fully saturated rings. The molecule has 5 atom stereocenters. The lowest BCUT2D eigenvalue weighted by Crippen LogP contribution is -2.50. The van der Waals surface area contributed by atoms with Crippen LogP contribution in [-0.2, 0) is 38.7 Å². The highest BCUT2D eigenvalue weighted by atomic mass is 79.9. The predicted molar refractivity (Wildman–Crippen MR) is 161 cm³/mol. The number of halogens is 1. The third-order valence-corrected chi connectivity index (χ3v) is 13.3. The molecule has 2 aliphatic carbocycles. The van der Waals surface area contributed by atoms with Crippen molar-refractivity contribution in [2.45, 2.75) is 99.0 Å². The van der Waals surface area contributed by atoms with Crippen LogP contribution in [0.4, 0.5) is 0 Å². The van der Waals surface area contributed by atoms with Crippen molar-refractivity contribution in [1.82, 2.24) is 9.62 Å². The standard InChI is InChI=1S/C29H38BrN3O8S2/c1-28(13-14-28)43(39,40)32-27(36)29-16-19(29)7-5-3-2-4-6-8-23(31)26(35)33-18-21(15-24(33)25(34)17-29)41-42(37,38)22-11-9-20(30)10-12-22/h5,7,9-12,19,21,23-24H,2-4,6,8,13-18,31H2,1H3,(H,32,36)/b7-5-/t19-,21+,23+,24+,29-/m1/s1. The number of carbonyl (C=O) groups excluding carboxylic acids is 3. The molecular weight excluding hydrogens is 662 g/mol. The topological polar surface area (TPSA) is 170 Å². The van der Waals surface area contributed by atoms with Crippen molar-refractivity contribution in [1.29, 1.82) is 0 Å². The first kappa shape index (κ1) is 32.3. The van der Waals surface area contributed by atoms with Gasteiger partial charge in [-0.25, -0.2) is 8.42 Å². The monoisotopic (exact) mass is 699 g/mol. The lowest BCUT2D eigenvalue weighted by Gasteiger charge is -2.27. The van der Waals surface area contributed by atoms with Gasteiger partial charge in [-0.1, -0.05) is 40.9 Å². The van der Waals surface area contributed by atoms with Gasteiger partial charge in [0.1, 0.15) is 0 Å². The Hall–Kier alpha value is -2.13. The number of allylic oxidation sites excluding steroid dienone is 2. The molecule has 43 heavy (non-hydrogen) atoms. The van der Waals surface area contributed by atoms with E-state index in [0.29, 0.717) is 36.6 Å². The average molecular weight is 701 g/mol. The third-order valence-electron chi connectivity index (χ3n) is 9.26. The highest BCUT2D eigenvalue weighted by Crippen LogP contribution is 2.57. The summed E-state index contributed by atoms with van der Waals surface area (Å²) in [5.41, 5.74) is 4.98. The van der Waals surface area contributed by atoms with E-state index >= 15 is 0 Å². The second kappa shape index (κ2) is 12.0. The minimum Gasteiger partial charge on any atom is -0.329 e. The van der Waals surface area contributed by atoms with Crippen LogP contribution in [0.25, 0.3) is 0 Å². The first-order chi connectivity index (χ1) is 20.2. The van der Waals surface area contributed by atoms with Crippen molar-refractivity contribution in [2.75, 3.05) is 6.54 Å². The Morgan fingerprint density at radius 3 is 2.47 bits per heavy atom. The summed E-state index contributed by atoms with van der Waals surface area (Å²) in [4.78, 5) is 42.2. The molecule has 4 aliphatic rings. The van der Waals surface area contributed by atoms with E-state index in [9.17, 15) is 31.2 Å². The molecule has 11 nitrogen and oxygen atoms in total. The molecular formula is C29H38BrN3O8S2. The molecule has 236 valence electrons. The van der Waals surface area contributed by atoms with Gasteiger partial charge in [-0.05, 0) is 75.6 Å². The van der Waals surface area contributed by atoms with Crippen LogP contribution < -0.4 is 10.5 Å². The number of benzene rings is 1. The number of nitrogens with one attached hydrogen (secondary N) is 1. The van der Waals surface area contributed by atoms with Crippen LogP contribution in [0.3, 0.4) is 0 Å². The molecule has 2 aliphatic heterocycles. The minimum absolute atomic E-state index is 0.0664. The van der Waals surface area contributed by atoms with Crippen molar-refractivity contribution in [3.63, 3.8) is 0 Å². The van der Waals surface area contributed by atoms with Crippen molar-refractivity contribution >= 4 is 53.7 Å². The summed E-state index contributed by atoms with van der Waals surface area (Å²) in [7, 11) is -8.13. The predicted octanol–water partition coefficient (Wildman–Crippen LogP) is 2.94. The number of Topliss-reactive ketones (excluding diaryl/α,β-unsaturated/α-hetero) is 1. The molecule has 0 bridgehead atoms. The number of fused-ring (bicyclic) bond motifs is 2. The fourth-order valence-electron chi connectivity index (χ4n) is 6.00. The highest BCUT2D eigenvalue weighted by Gasteiger charge is 2.62. The molecule has 1 aromatic carbocycles. The van der Waals surface area contributed by atoms with Gasteiger partial charge in [0.25, 0.3) is 10.1 Å². The van der Waals surface area contributed by atoms with Crippen molar-refractivity contribution < 1.29 is 35.4 Å². The van der Waals surface area contributed by atoms with E-state index in [1.54, 1.807) is 19.1 Å². The van der Waals surface area contributed by atoms with Crippen molar-refractivity contribution in [3.05, 3.63) is 40.9 Å². The summed E-state index contributed by atoms with van der Waals surface area (Å²) in [6.45, 7) is 1.42. The van der Waals surface area contributed by atoms with Gasteiger partial charge in [0.15, 0.2) is 5.78 Å². The van der Waals surface area contributed by atoms with Crippen LogP contribution in [0, 0.1) is 11.3 Å². The van der Waals surface area contributed by atoms with Crippen LogP contribution in [0.5, 0.6) is 0 Å². The van der Waals surface area contributed by atoms with E-state index in [0.717, 1.165) is 19.3 Å². The van der Waals surface area contributed by atoms with E-state index in [1.165, 1.54) is 17.0 Å². The van der Waals surface area contributed by atoms with Gasteiger partial charge in [-0.3, -0.25) is 23.3 Å². The summed E-state index contributed by atoms with van der Waals surface area (Å²) in [5, 5.41) is 0. The second-order valence-electron chi connectivity index (χ2n) is 12.5. The zero-order valence-corrected chi connectivity index (χ0v) is 27.3. The van der Waals surface area contributed by atoms with Crippen LogP contribution in [0.1, 0.15) is 71.1 Å². The maximum Gasteiger partial charge on any atom is 0.297 e. The van der Waals surface area contributed by atoms with Crippen LogP contribution in [0.2, 0.25) is 0 Å². The average Bonchev–Trinajstić information content (AvgIpc) is 3.82. The second-order valence-corrected chi connectivity index (χ2v) is 17.2. The van der Waals surface area contributed by atoms with Gasteiger partial charge >= 0.3 is 0 Å². The lowest BCUT2D eigenvalue weighted by atomic mass is 9.91. The maximum absolute atomic E-state index is 13.9. The zero-order valence-electron chi connectivity index (χ0n) is 24.0. The third kappa shape index (κ3) is 6.77. The number of nitrogens with zero attached hydrogens (tertiary/aromatic N) is 1. The summed E-state index contributed by atoms with van der Waals surface area (Å²) >= 11 is 3.27. The Labute approximate surface area is 261 Å². The number of hydrogen-bond acceptors (Lipinski definition) is 9. The molecule has 14 heteroatoms. The molecule has 0 radical (unpaired) electrons. The number of amides is 2. The molecule has 1 saturated heterocycles. The first-order valence-electron chi connectivity index (χ1n) is 14.7. The SMILES string of the molecule is CC1(S(=O)(=O)NC(=O)[C@]23CC(=O)[C@@H]4C[C@H](OS(=O)(=O)c5ccc(Br)cc5)CN4C(=O)[C@@H](N)CCCCC/C=C\[C@@H]2C3)CC1. The summed E-state index contributed by atoms with van der Waals surface area (Å²) < 4.78 is 59.3. The first-order valence-corrected chi connectivity index (χ1v) is 18.4. The molecule has 3 N–H and O–H groups in total. The fourth-order valence-corrected chi connectivity index (χ4v) is 8.68. The molecule has 2 saturated carbocycles. The molecule has 0 spiro atoms. The van der Waals surface area contributed by atoms with Crippen molar-refractivity contribution in [2.24, 2.45) is 17.1 Å². The smallest absolute Gasteiger partial charge is 0.297 e. The maximum atomic E-state index is 13.9. The van der Waals surface area contributed by atoms with Gasteiger partial charge in [-0.2, -0.15) is 8.42 Å². The summed E-state index contributed by atoms with van der Waals surface area (Å²) in [6, 6.07) is 3.96. The molecule has 5 rings (SSSR count). The van der Waals surface area contributed by atoms with Crippen LogP contribution in [0.15, 0.2) is 45.8 Å². The number of rotatable bonds is 6. The summed E-state index contributed by atoms with van der Waals surface area (Å²) in [6.07, 6.45) is 7.21. The van der Waals surface area contributed by atoms with Gasteiger partial charge in [0.05, 0.1) is 33.2 Å². The van der Waals surface area contributed by atoms with E-state index in [2.05, 4.69) is 20.7 Å². The number of ketones is 1. The molecule has 2 amide bonds. The molecule has 2 heterocycles. The van der Waals surface area contributed by atoms with Gasteiger partial charge in [0.2, 0.25) is 21.8 Å². The van der Waals surface area contributed by atoms with E-state index in [-0.39, 0.29) is 30.2 Å². The van der Waals surface area contributed by atoms with E-state index in [1.807, 2.05) is 12.2 Å². The Kier molecular flexibility index (Phi) is 9.00. The van der Waals surface area contributed by atoms with Gasteiger partial charge < -0.3 is 10.6 Å². The zero-order chi connectivity index (χ0) is 31.2. The largest absolute Gasteiger partial charge is 0.329 e. The Balaban J connectivity index is 1.41. The minimum atomic E-state index is -4.21. The van der Waals surface area contributed by atoms with Gasteiger partial charge in [-0.15, -0.1) is 0 Å². The fraction of sp³-hybridized carbons (Fsp3) is 0.621. The Morgan fingerprint density at radius 2 is 1.79 bits per heavy atom. The van der Waals surface area contributed by atoms with E-state index in [4.69, 9.17) is 9.92 Å². The number of sulfonamides is 1. The highest BCUT2D eigenvalue weighted by molar-refractivity contribution is 9.10. The molecule has 1 aromatic rings. The van der Waals surface area contributed by atoms with Crippen LogP contribution in [-0.4, -0.2) is 68.8 Å². The Morgan fingerprint density at radius 1 is 1.09 bits per heavy atom. The van der Waals surface area contributed by atoms with E-state index < -0.39 is 66.1 Å². The van der Waals surface area contributed by atoms with Crippen LogP contribution >= 0.6 is 15.9 Å². The Bertz CT molecular complexity index is 1520. The summed E-state index contributed by atoms with van der Waals surface area (Å²) in [5.74, 6) is -1.98.